The van der Waals surface area contributed by atoms with E-state index in [4.69, 9.17) is 18.0 Å². The number of nitrogens with zero attached hydrogens (tertiary/aromatic N) is 1. The van der Waals surface area contributed by atoms with Crippen molar-refractivity contribution in [2.45, 2.75) is 30.9 Å². The van der Waals surface area contributed by atoms with Crippen LogP contribution in [0.3, 0.4) is 0 Å². The third-order valence-corrected chi connectivity index (χ3v) is 9.48. The van der Waals surface area contributed by atoms with Crippen LogP contribution in [0.4, 0.5) is 0 Å². The highest BCUT2D eigenvalue weighted by molar-refractivity contribution is 8.01. The van der Waals surface area contributed by atoms with Gasteiger partial charge in [-0.2, -0.15) is 16.1 Å². The Hall–Kier alpha value is 0.1000. The lowest BCUT2D eigenvalue weighted by Gasteiger charge is -2.35. The van der Waals surface area contributed by atoms with Gasteiger partial charge < -0.3 is 5.73 Å². The first kappa shape index (κ1) is 18.1. The maximum absolute atomic E-state index is 12.6. The van der Waals surface area contributed by atoms with Crippen molar-refractivity contribution >= 4 is 48.8 Å². The molecule has 0 aromatic carbocycles. The molecular weight excluding hydrogens is 340 g/mol. The summed E-state index contributed by atoms with van der Waals surface area (Å²) in [5.74, 6) is 0.736. The summed E-state index contributed by atoms with van der Waals surface area (Å²) in [7, 11) is -7.32. The van der Waals surface area contributed by atoms with Gasteiger partial charge in [0, 0.05) is 23.8 Å². The normalized spacial score (nSPS) is 23.4. The first-order valence-electron chi connectivity index (χ1n) is 6.27. The van der Waals surface area contributed by atoms with Crippen molar-refractivity contribution in [1.82, 2.24) is 4.31 Å². The Morgan fingerprint density at radius 3 is 2.45 bits per heavy atom. The Morgan fingerprint density at radius 2 is 2.00 bits per heavy atom. The number of nitrogens with two attached hydrogens (primary N) is 1. The van der Waals surface area contributed by atoms with Gasteiger partial charge in [0.25, 0.3) is 0 Å². The fourth-order valence-electron chi connectivity index (χ4n) is 2.05. The summed E-state index contributed by atoms with van der Waals surface area (Å²) in [4.78, 5) is -0.113. The Bertz CT molecular complexity index is 558. The van der Waals surface area contributed by atoms with Crippen LogP contribution in [0, 0.1) is 0 Å². The molecule has 1 rings (SSSR count). The van der Waals surface area contributed by atoms with Crippen molar-refractivity contribution in [2.75, 3.05) is 23.8 Å². The minimum absolute atomic E-state index is 0.0892. The molecule has 0 amide bonds. The SMILES string of the molecule is CCC(C(N)=S)S(=O)(=O)N1CCSCC1S(=O)(=O)CC. The van der Waals surface area contributed by atoms with Crippen LogP contribution in [0.15, 0.2) is 0 Å². The summed E-state index contributed by atoms with van der Waals surface area (Å²) in [5, 5.41) is -2.02. The molecule has 0 radical (unpaired) electrons. The summed E-state index contributed by atoms with van der Waals surface area (Å²) in [5.41, 5.74) is 5.50. The molecule has 0 spiro atoms. The average molecular weight is 361 g/mol. The van der Waals surface area contributed by atoms with Crippen LogP contribution in [0.1, 0.15) is 20.3 Å². The van der Waals surface area contributed by atoms with Crippen molar-refractivity contribution < 1.29 is 16.8 Å². The molecule has 2 unspecified atom stereocenters. The second kappa shape index (κ2) is 6.91. The molecule has 6 nitrogen and oxygen atoms in total. The first-order valence-corrected chi connectivity index (χ1v) is 11.1. The lowest BCUT2D eigenvalue weighted by molar-refractivity contribution is 0.400. The molecule has 0 aromatic heterocycles. The van der Waals surface area contributed by atoms with Crippen LogP contribution in [-0.2, 0) is 19.9 Å². The predicted octanol–water partition coefficient (Wildman–Crippen LogP) is 0.191. The number of thioether (sulfide) groups is 1. The number of hydrogen-bond donors (Lipinski definition) is 1. The summed E-state index contributed by atoms with van der Waals surface area (Å²) in [6.45, 7) is 3.36. The smallest absolute Gasteiger partial charge is 0.224 e. The van der Waals surface area contributed by atoms with E-state index >= 15 is 0 Å². The highest BCUT2D eigenvalue weighted by Crippen LogP contribution is 2.27. The van der Waals surface area contributed by atoms with Crippen molar-refractivity contribution in [3.63, 3.8) is 0 Å². The van der Waals surface area contributed by atoms with Crippen LogP contribution in [0.5, 0.6) is 0 Å². The average Bonchev–Trinajstić information content (AvgIpc) is 2.38. The van der Waals surface area contributed by atoms with Gasteiger partial charge in [-0.05, 0) is 6.42 Å². The number of sulfone groups is 1. The van der Waals surface area contributed by atoms with Crippen molar-refractivity contribution in [3.8, 4) is 0 Å². The fraction of sp³-hybridized carbons (Fsp3) is 0.900. The Morgan fingerprint density at radius 1 is 1.40 bits per heavy atom. The van der Waals surface area contributed by atoms with E-state index in [1.165, 1.54) is 18.7 Å². The molecule has 2 atom stereocenters. The Balaban J connectivity index is 3.22. The van der Waals surface area contributed by atoms with Gasteiger partial charge in [-0.15, -0.1) is 0 Å². The Labute approximate surface area is 130 Å². The van der Waals surface area contributed by atoms with E-state index in [9.17, 15) is 16.8 Å². The molecular formula is C10H20N2O4S4. The number of rotatable bonds is 6. The second-order valence-corrected chi connectivity index (χ2v) is 10.6. The van der Waals surface area contributed by atoms with Crippen LogP contribution < -0.4 is 5.73 Å². The van der Waals surface area contributed by atoms with E-state index in [0.29, 0.717) is 5.75 Å². The molecule has 1 aliphatic heterocycles. The van der Waals surface area contributed by atoms with Gasteiger partial charge in [0.1, 0.15) is 10.6 Å². The number of thiocarbonyl (C=S) groups is 1. The van der Waals surface area contributed by atoms with Gasteiger partial charge in [0.2, 0.25) is 10.0 Å². The van der Waals surface area contributed by atoms with E-state index in [0.717, 1.165) is 4.31 Å². The summed E-state index contributed by atoms with van der Waals surface area (Å²) < 4.78 is 50.5. The quantitative estimate of drug-likeness (QED) is 0.675. The maximum Gasteiger partial charge on any atom is 0.224 e. The minimum Gasteiger partial charge on any atom is -0.392 e. The standard InChI is InChI=1S/C10H20N2O4S4/c1-3-8(10(11)17)20(15,16)12-5-6-18-7-9(12)19(13,14)4-2/h8-9H,3-7H2,1-2H3,(H2,11,17). The number of sulfonamides is 1. The van der Waals surface area contributed by atoms with Crippen molar-refractivity contribution in [1.29, 1.82) is 0 Å². The molecule has 1 heterocycles. The lowest BCUT2D eigenvalue weighted by Crippen LogP contribution is -2.55. The first-order chi connectivity index (χ1) is 9.18. The molecule has 1 saturated heterocycles. The topological polar surface area (TPSA) is 97.5 Å². The van der Waals surface area contributed by atoms with Crippen LogP contribution in [-0.4, -0.2) is 60.6 Å². The van der Waals surface area contributed by atoms with E-state index in [1.54, 1.807) is 6.92 Å². The van der Waals surface area contributed by atoms with Gasteiger partial charge in [-0.3, -0.25) is 0 Å². The molecule has 20 heavy (non-hydrogen) atoms. The summed E-state index contributed by atoms with van der Waals surface area (Å²) in [6, 6.07) is 0. The third kappa shape index (κ3) is 3.65. The molecule has 0 aliphatic carbocycles. The second-order valence-electron chi connectivity index (χ2n) is 4.44. The highest BCUT2D eigenvalue weighted by atomic mass is 32.2. The van der Waals surface area contributed by atoms with Crippen LogP contribution >= 0.6 is 24.0 Å². The van der Waals surface area contributed by atoms with E-state index in [2.05, 4.69) is 0 Å². The molecule has 1 fully saturated rings. The van der Waals surface area contributed by atoms with Gasteiger partial charge in [0.05, 0.1) is 4.99 Å². The van der Waals surface area contributed by atoms with Crippen molar-refractivity contribution in [2.24, 2.45) is 5.73 Å². The number of hydrogen-bond acceptors (Lipinski definition) is 6. The van der Waals surface area contributed by atoms with E-state index in [-0.39, 0.29) is 29.5 Å². The molecule has 0 aromatic rings. The molecule has 0 bridgehead atoms. The molecule has 10 heteroatoms. The molecule has 1 aliphatic rings. The zero-order chi connectivity index (χ0) is 15.6. The summed E-state index contributed by atoms with van der Waals surface area (Å²) >= 11 is 6.25. The van der Waals surface area contributed by atoms with Gasteiger partial charge >= 0.3 is 0 Å². The summed E-state index contributed by atoms with van der Waals surface area (Å²) in [6.07, 6.45) is 0.236. The largest absolute Gasteiger partial charge is 0.392 e. The lowest BCUT2D eigenvalue weighted by atomic mass is 10.3. The fourth-order valence-corrected chi connectivity index (χ4v) is 8.18. The van der Waals surface area contributed by atoms with Crippen molar-refractivity contribution in [3.05, 3.63) is 0 Å². The van der Waals surface area contributed by atoms with Crippen LogP contribution in [0.2, 0.25) is 0 Å². The molecule has 0 saturated carbocycles. The molecule has 118 valence electrons. The van der Waals surface area contributed by atoms with Crippen LogP contribution in [0.25, 0.3) is 0 Å². The molecule has 2 N–H and O–H groups in total. The maximum atomic E-state index is 12.6. The van der Waals surface area contributed by atoms with Gasteiger partial charge in [-0.1, -0.05) is 26.1 Å². The van der Waals surface area contributed by atoms with Gasteiger partial charge in [0.15, 0.2) is 9.84 Å². The Kier molecular flexibility index (Phi) is 6.27. The highest BCUT2D eigenvalue weighted by Gasteiger charge is 2.43. The van der Waals surface area contributed by atoms with Gasteiger partial charge in [-0.25, -0.2) is 16.8 Å². The van der Waals surface area contributed by atoms with E-state index < -0.39 is 30.5 Å². The van der Waals surface area contributed by atoms with E-state index in [1.807, 2.05) is 0 Å². The predicted molar refractivity (Wildman–Crippen MR) is 87.1 cm³/mol. The zero-order valence-electron chi connectivity index (χ0n) is 11.5. The zero-order valence-corrected chi connectivity index (χ0v) is 14.7. The minimum atomic E-state index is -3.84. The monoisotopic (exact) mass is 360 g/mol. The third-order valence-electron chi connectivity index (χ3n) is 3.23.